The summed E-state index contributed by atoms with van der Waals surface area (Å²) in [5.41, 5.74) is -1.80. The maximum absolute atomic E-state index is 13.8. The summed E-state index contributed by atoms with van der Waals surface area (Å²) in [7, 11) is -3.30. The van der Waals surface area contributed by atoms with Crippen molar-refractivity contribution in [3.05, 3.63) is 0 Å². The Kier molecular flexibility index (Phi) is 9.96. The Bertz CT molecular complexity index is 954. The first-order valence-corrected chi connectivity index (χ1v) is 14.4. The zero-order valence-corrected chi connectivity index (χ0v) is 20.9. The molecule has 0 amide bonds. The van der Waals surface area contributed by atoms with Crippen LogP contribution in [0, 0.1) is 52.8 Å². The van der Waals surface area contributed by atoms with Gasteiger partial charge >= 0.3 is 17.9 Å². The normalized spacial score (nSPS) is 41.0. The molecule has 4 unspecified atom stereocenters. The molecule has 0 spiro atoms. The zero-order valence-electron chi connectivity index (χ0n) is 20.0. The predicted octanol–water partition coefficient (Wildman–Crippen LogP) is 5.70. The van der Waals surface area contributed by atoms with Crippen LogP contribution in [0.1, 0.15) is 95.9 Å². The SMILES string of the molecule is C.C.C.C.CCC1(OC(=O)C(C)(C)C2C(=O)OC(=O)C2C2CS(=O)(=O)CC2C)C2CC3CC(C2)CC1C3. The highest BCUT2D eigenvalue weighted by atomic mass is 32.2. The van der Waals surface area contributed by atoms with E-state index in [-0.39, 0.29) is 47.1 Å². The Morgan fingerprint density at radius 3 is 1.89 bits per heavy atom. The number of carbonyl (C=O) groups is 3. The molecule has 4 bridgehead atoms. The molecule has 0 aromatic heterocycles. The van der Waals surface area contributed by atoms with Gasteiger partial charge in [0.2, 0.25) is 0 Å². The lowest BCUT2D eigenvalue weighted by molar-refractivity contribution is -0.221. The molecule has 7 nitrogen and oxygen atoms in total. The summed E-state index contributed by atoms with van der Waals surface area (Å²) < 4.78 is 35.9. The maximum atomic E-state index is 13.8. The average molecular weight is 545 g/mol. The van der Waals surface area contributed by atoms with Crippen molar-refractivity contribution in [3.8, 4) is 0 Å². The summed E-state index contributed by atoms with van der Waals surface area (Å²) in [6.45, 7) is 7.18. The van der Waals surface area contributed by atoms with Gasteiger partial charge in [0.05, 0.1) is 28.8 Å². The molecule has 4 saturated carbocycles. The van der Waals surface area contributed by atoms with Crippen LogP contribution in [0.3, 0.4) is 0 Å². The van der Waals surface area contributed by atoms with Crippen LogP contribution in [0.25, 0.3) is 0 Å². The molecule has 4 atom stereocenters. The Morgan fingerprint density at radius 2 is 1.46 bits per heavy atom. The number of cyclic esters (lactones) is 2. The van der Waals surface area contributed by atoms with Crippen molar-refractivity contribution in [1.29, 1.82) is 0 Å². The van der Waals surface area contributed by atoms with E-state index in [1.807, 2.05) is 0 Å². The first kappa shape index (κ1) is 33.6. The standard InChI is InChI=1S/C25H36O7S.4CH4/c1-5-25(16-7-14-6-15(9-16)10-17(25)8-14)32-23(28)24(3,4)20-19(21(26)31-22(20)27)18-12-33(29,30)11-13(18)2;;;;/h13-20H,5-12H2,1-4H3;4*1H4. The van der Waals surface area contributed by atoms with Crippen molar-refractivity contribution in [2.45, 2.75) is 102 Å². The molecule has 216 valence electrons. The van der Waals surface area contributed by atoms with Crippen molar-refractivity contribution < 1.29 is 32.3 Å². The third kappa shape index (κ3) is 5.12. The van der Waals surface area contributed by atoms with E-state index in [9.17, 15) is 22.8 Å². The first-order chi connectivity index (χ1) is 15.4. The number of hydrogen-bond acceptors (Lipinski definition) is 7. The lowest BCUT2D eigenvalue weighted by Gasteiger charge is -2.60. The lowest BCUT2D eigenvalue weighted by atomic mass is 9.49. The molecule has 2 aliphatic heterocycles. The van der Waals surface area contributed by atoms with E-state index in [4.69, 9.17) is 9.47 Å². The van der Waals surface area contributed by atoms with E-state index in [1.54, 1.807) is 20.8 Å². The fourth-order valence-corrected chi connectivity index (χ4v) is 10.7. The number of hydrogen-bond donors (Lipinski definition) is 0. The summed E-state index contributed by atoms with van der Waals surface area (Å²) in [6, 6.07) is 0. The molecular weight excluding hydrogens is 492 g/mol. The number of rotatable bonds is 5. The summed E-state index contributed by atoms with van der Waals surface area (Å²) in [5.74, 6) is -2.71. The van der Waals surface area contributed by atoms with E-state index in [2.05, 4.69) is 6.92 Å². The quantitative estimate of drug-likeness (QED) is 0.323. The Hall–Kier alpha value is -1.44. The smallest absolute Gasteiger partial charge is 0.318 e. The molecule has 6 rings (SSSR count). The van der Waals surface area contributed by atoms with E-state index in [0.717, 1.165) is 43.9 Å². The Balaban J connectivity index is 0.00000171. The molecule has 0 aromatic carbocycles. The second kappa shape index (κ2) is 11.0. The lowest BCUT2D eigenvalue weighted by Crippen LogP contribution is -2.60. The Morgan fingerprint density at radius 1 is 0.946 bits per heavy atom. The maximum Gasteiger partial charge on any atom is 0.318 e. The van der Waals surface area contributed by atoms with Crippen LogP contribution in [0.15, 0.2) is 0 Å². The second-order valence-electron chi connectivity index (χ2n) is 12.2. The monoisotopic (exact) mass is 544 g/mol. The van der Waals surface area contributed by atoms with Crippen molar-refractivity contribution in [2.75, 3.05) is 11.5 Å². The van der Waals surface area contributed by atoms with Gasteiger partial charge in [-0.3, -0.25) is 14.4 Å². The molecule has 0 aromatic rings. The zero-order chi connectivity index (χ0) is 23.9. The minimum absolute atomic E-state index is 0. The van der Waals surface area contributed by atoms with E-state index < -0.39 is 56.5 Å². The third-order valence-corrected chi connectivity index (χ3v) is 11.8. The van der Waals surface area contributed by atoms with Gasteiger partial charge in [-0.15, -0.1) is 0 Å². The minimum Gasteiger partial charge on any atom is -0.458 e. The van der Waals surface area contributed by atoms with Gasteiger partial charge in [0, 0.05) is 0 Å². The summed E-state index contributed by atoms with van der Waals surface area (Å²) in [4.78, 5) is 39.4. The van der Waals surface area contributed by atoms with Crippen LogP contribution in [0.5, 0.6) is 0 Å². The van der Waals surface area contributed by atoms with E-state index in [1.165, 1.54) is 6.42 Å². The van der Waals surface area contributed by atoms with Crippen LogP contribution >= 0.6 is 0 Å². The summed E-state index contributed by atoms with van der Waals surface area (Å²) in [6.07, 6.45) is 6.43. The molecule has 6 fully saturated rings. The minimum atomic E-state index is -3.30. The van der Waals surface area contributed by atoms with Crippen LogP contribution < -0.4 is 0 Å². The van der Waals surface area contributed by atoms with Gasteiger partial charge in [-0.1, -0.05) is 43.6 Å². The topological polar surface area (TPSA) is 104 Å². The van der Waals surface area contributed by atoms with Gasteiger partial charge in [0.25, 0.3) is 0 Å². The number of esters is 3. The van der Waals surface area contributed by atoms with E-state index in [0.29, 0.717) is 11.8 Å². The van der Waals surface area contributed by atoms with Gasteiger partial charge in [0.1, 0.15) is 5.60 Å². The molecule has 8 heteroatoms. The first-order valence-electron chi connectivity index (χ1n) is 12.6. The summed E-state index contributed by atoms with van der Waals surface area (Å²) >= 11 is 0. The second-order valence-corrected chi connectivity index (χ2v) is 14.3. The molecule has 0 radical (unpaired) electrons. The van der Waals surface area contributed by atoms with Gasteiger partial charge in [-0.05, 0) is 87.9 Å². The van der Waals surface area contributed by atoms with Crippen LogP contribution in [0.4, 0.5) is 0 Å². The van der Waals surface area contributed by atoms with Crippen LogP contribution in [-0.2, 0) is 33.7 Å². The van der Waals surface area contributed by atoms with Crippen molar-refractivity contribution >= 4 is 27.7 Å². The molecule has 4 aliphatic carbocycles. The fraction of sp³-hybridized carbons (Fsp3) is 0.897. The average Bonchev–Trinajstić information content (AvgIpc) is 3.16. The van der Waals surface area contributed by atoms with Gasteiger partial charge < -0.3 is 9.47 Å². The molecule has 6 aliphatic rings. The largest absolute Gasteiger partial charge is 0.458 e. The predicted molar refractivity (Wildman–Crippen MR) is 146 cm³/mol. The van der Waals surface area contributed by atoms with Crippen molar-refractivity contribution in [2.24, 2.45) is 52.8 Å². The van der Waals surface area contributed by atoms with Crippen LogP contribution in [0.2, 0.25) is 0 Å². The molecule has 0 N–H and O–H groups in total. The van der Waals surface area contributed by atoms with Gasteiger partial charge in [-0.25, -0.2) is 8.42 Å². The molecule has 2 heterocycles. The molecule has 37 heavy (non-hydrogen) atoms. The van der Waals surface area contributed by atoms with Gasteiger partial charge in [0.15, 0.2) is 9.84 Å². The fourth-order valence-electron chi connectivity index (χ4n) is 8.42. The molecular formula is C29H52O7S. The van der Waals surface area contributed by atoms with Gasteiger partial charge in [-0.2, -0.15) is 0 Å². The third-order valence-electron chi connectivity index (χ3n) is 9.90. The van der Waals surface area contributed by atoms with Crippen molar-refractivity contribution in [1.82, 2.24) is 0 Å². The summed E-state index contributed by atoms with van der Waals surface area (Å²) in [5, 5.41) is 0. The highest BCUT2D eigenvalue weighted by molar-refractivity contribution is 7.91. The highest BCUT2D eigenvalue weighted by Crippen LogP contribution is 2.61. The number of sulfone groups is 1. The highest BCUT2D eigenvalue weighted by Gasteiger charge is 2.63. The Labute approximate surface area is 225 Å². The number of carbonyl (C=O) groups excluding carboxylic acids is 3. The molecule has 2 saturated heterocycles. The van der Waals surface area contributed by atoms with Crippen molar-refractivity contribution in [3.63, 3.8) is 0 Å². The van der Waals surface area contributed by atoms with Crippen LogP contribution in [-0.4, -0.2) is 43.4 Å². The van der Waals surface area contributed by atoms with E-state index >= 15 is 0 Å². The number of ether oxygens (including phenoxy) is 2.